The molecule has 4 fully saturated rings. The number of aliphatic hydroxyl groups is 1. The largest absolute Gasteiger partial charge is 0.456 e. The molecule has 20 heavy (non-hydrogen) atoms. The van der Waals surface area contributed by atoms with E-state index in [9.17, 15) is 14.7 Å². The van der Waals surface area contributed by atoms with Gasteiger partial charge in [0.15, 0.2) is 6.61 Å². The number of esters is 2. The standard InChI is InChI=1S/C14H19BrO5/c15-6-11(16)19-7-12(17)20-14-4-9-1-10(5-14)3-13(18,2-9)8-14/h9-10,18H,1-8H2. The van der Waals surface area contributed by atoms with Crippen LogP contribution in [-0.2, 0) is 19.1 Å². The fourth-order valence-corrected chi connectivity index (χ4v) is 4.86. The van der Waals surface area contributed by atoms with Gasteiger partial charge in [-0.25, -0.2) is 4.79 Å². The molecular weight excluding hydrogens is 328 g/mol. The van der Waals surface area contributed by atoms with Crippen molar-refractivity contribution < 1.29 is 24.2 Å². The number of halogens is 1. The summed E-state index contributed by atoms with van der Waals surface area (Å²) in [5, 5.41) is 10.6. The fourth-order valence-electron chi connectivity index (χ4n) is 4.70. The van der Waals surface area contributed by atoms with Crippen LogP contribution in [0.15, 0.2) is 0 Å². The van der Waals surface area contributed by atoms with Crippen LogP contribution in [0.5, 0.6) is 0 Å². The van der Waals surface area contributed by atoms with E-state index in [4.69, 9.17) is 9.47 Å². The molecule has 5 nitrogen and oxygen atoms in total. The first-order chi connectivity index (χ1) is 9.42. The average molecular weight is 347 g/mol. The van der Waals surface area contributed by atoms with E-state index in [1.165, 1.54) is 0 Å². The first kappa shape index (κ1) is 14.3. The highest BCUT2D eigenvalue weighted by molar-refractivity contribution is 9.09. The summed E-state index contributed by atoms with van der Waals surface area (Å²) in [5.74, 6) is -0.0748. The van der Waals surface area contributed by atoms with Gasteiger partial charge in [0.25, 0.3) is 0 Å². The lowest BCUT2D eigenvalue weighted by Crippen LogP contribution is -2.60. The van der Waals surface area contributed by atoms with Crippen LogP contribution in [0.1, 0.15) is 38.5 Å². The smallest absolute Gasteiger partial charge is 0.344 e. The lowest BCUT2D eigenvalue weighted by atomic mass is 9.52. The normalized spacial score (nSPS) is 41.5. The maximum Gasteiger partial charge on any atom is 0.344 e. The Balaban J connectivity index is 1.62. The van der Waals surface area contributed by atoms with E-state index in [1.807, 2.05) is 0 Å². The predicted octanol–water partition coefficient (Wildman–Crippen LogP) is 1.55. The summed E-state index contributed by atoms with van der Waals surface area (Å²) >= 11 is 2.97. The lowest BCUT2D eigenvalue weighted by molar-refractivity contribution is -0.222. The van der Waals surface area contributed by atoms with Crippen molar-refractivity contribution in [2.75, 3.05) is 11.9 Å². The van der Waals surface area contributed by atoms with Crippen LogP contribution >= 0.6 is 15.9 Å². The SMILES string of the molecule is O=C(CBr)OCC(=O)OC12CC3CC(CC(O)(C3)C1)C2. The number of hydrogen-bond acceptors (Lipinski definition) is 5. The van der Waals surface area contributed by atoms with Gasteiger partial charge in [0.2, 0.25) is 0 Å². The third kappa shape index (κ3) is 2.72. The quantitative estimate of drug-likeness (QED) is 0.617. The highest BCUT2D eigenvalue weighted by Gasteiger charge is 2.59. The molecule has 0 aliphatic heterocycles. The van der Waals surface area contributed by atoms with E-state index in [-0.39, 0.29) is 11.9 Å². The average Bonchev–Trinajstić information content (AvgIpc) is 2.32. The minimum Gasteiger partial charge on any atom is -0.456 e. The van der Waals surface area contributed by atoms with Crippen molar-refractivity contribution in [3.05, 3.63) is 0 Å². The third-order valence-electron chi connectivity index (χ3n) is 4.77. The zero-order valence-electron chi connectivity index (χ0n) is 11.3. The number of ether oxygens (including phenoxy) is 2. The van der Waals surface area contributed by atoms with Crippen LogP contribution < -0.4 is 0 Å². The number of hydrogen-bond donors (Lipinski definition) is 1. The molecule has 4 rings (SSSR count). The molecular formula is C14H19BrO5. The van der Waals surface area contributed by atoms with E-state index in [2.05, 4.69) is 15.9 Å². The lowest BCUT2D eigenvalue weighted by Gasteiger charge is -2.59. The van der Waals surface area contributed by atoms with Gasteiger partial charge in [-0.3, -0.25) is 4.79 Å². The van der Waals surface area contributed by atoms with E-state index in [0.717, 1.165) is 32.1 Å². The van der Waals surface area contributed by atoms with Crippen LogP contribution in [0, 0.1) is 11.8 Å². The second-order valence-corrected chi connectivity index (χ2v) is 7.20. The molecule has 0 aromatic rings. The topological polar surface area (TPSA) is 72.8 Å². The Morgan fingerprint density at radius 1 is 1.15 bits per heavy atom. The van der Waals surface area contributed by atoms with Crippen molar-refractivity contribution in [3.63, 3.8) is 0 Å². The fraction of sp³-hybridized carbons (Fsp3) is 0.857. The van der Waals surface area contributed by atoms with Crippen molar-refractivity contribution in [3.8, 4) is 0 Å². The van der Waals surface area contributed by atoms with Gasteiger partial charge in [0.1, 0.15) is 10.9 Å². The molecule has 4 aliphatic carbocycles. The molecule has 2 unspecified atom stereocenters. The maximum absolute atomic E-state index is 11.9. The van der Waals surface area contributed by atoms with E-state index >= 15 is 0 Å². The molecule has 1 N–H and O–H groups in total. The summed E-state index contributed by atoms with van der Waals surface area (Å²) in [6, 6.07) is 0. The van der Waals surface area contributed by atoms with Crippen LogP contribution in [-0.4, -0.2) is 40.2 Å². The second-order valence-electron chi connectivity index (χ2n) is 6.64. The zero-order valence-corrected chi connectivity index (χ0v) is 12.9. The number of alkyl halides is 1. The first-order valence-corrected chi connectivity index (χ1v) is 8.20. The molecule has 0 saturated heterocycles. The summed E-state index contributed by atoms with van der Waals surface area (Å²) < 4.78 is 10.4. The molecule has 4 bridgehead atoms. The Kier molecular flexibility index (Phi) is 3.57. The number of carbonyl (C=O) groups is 2. The predicted molar refractivity (Wildman–Crippen MR) is 73.2 cm³/mol. The van der Waals surface area contributed by atoms with E-state index < -0.39 is 23.1 Å². The number of rotatable bonds is 4. The summed E-state index contributed by atoms with van der Waals surface area (Å²) in [6.45, 7) is -0.347. The first-order valence-electron chi connectivity index (χ1n) is 7.08. The Morgan fingerprint density at radius 2 is 1.80 bits per heavy atom. The van der Waals surface area contributed by atoms with Crippen molar-refractivity contribution in [2.45, 2.75) is 49.7 Å². The minimum absolute atomic E-state index is 0.0648. The van der Waals surface area contributed by atoms with Crippen molar-refractivity contribution >= 4 is 27.9 Å². The molecule has 6 heteroatoms. The van der Waals surface area contributed by atoms with Crippen molar-refractivity contribution in [1.29, 1.82) is 0 Å². The monoisotopic (exact) mass is 346 g/mol. The molecule has 0 radical (unpaired) electrons. The molecule has 2 atom stereocenters. The van der Waals surface area contributed by atoms with Gasteiger partial charge in [-0.1, -0.05) is 15.9 Å². The van der Waals surface area contributed by atoms with Crippen molar-refractivity contribution in [2.24, 2.45) is 11.8 Å². The van der Waals surface area contributed by atoms with E-state index in [1.54, 1.807) is 0 Å². The maximum atomic E-state index is 11.9. The summed E-state index contributed by atoms with van der Waals surface area (Å²) in [6.07, 6.45) is 5.02. The molecule has 112 valence electrons. The van der Waals surface area contributed by atoms with Gasteiger partial charge in [-0.2, -0.15) is 0 Å². The van der Waals surface area contributed by atoms with Gasteiger partial charge in [-0.15, -0.1) is 0 Å². The third-order valence-corrected chi connectivity index (χ3v) is 5.22. The van der Waals surface area contributed by atoms with Gasteiger partial charge in [0.05, 0.1) is 5.60 Å². The summed E-state index contributed by atoms with van der Waals surface area (Å²) in [4.78, 5) is 22.9. The molecule has 4 saturated carbocycles. The second kappa shape index (κ2) is 4.98. The Bertz CT molecular complexity index is 421. The van der Waals surface area contributed by atoms with E-state index in [0.29, 0.717) is 18.3 Å². The zero-order chi connectivity index (χ0) is 14.4. The van der Waals surface area contributed by atoms with Gasteiger partial charge < -0.3 is 14.6 Å². The summed E-state index contributed by atoms with van der Waals surface area (Å²) in [7, 11) is 0. The highest BCUT2D eigenvalue weighted by Crippen LogP contribution is 2.58. The Labute approximate surface area is 126 Å². The molecule has 0 spiro atoms. The Hall–Kier alpha value is -0.620. The van der Waals surface area contributed by atoms with Crippen LogP contribution in [0.25, 0.3) is 0 Å². The number of carbonyl (C=O) groups excluding carboxylic acids is 2. The highest BCUT2D eigenvalue weighted by atomic mass is 79.9. The molecule has 0 heterocycles. The summed E-state index contributed by atoms with van der Waals surface area (Å²) in [5.41, 5.74) is -1.19. The molecule has 0 aromatic heterocycles. The van der Waals surface area contributed by atoms with Gasteiger partial charge in [0, 0.05) is 6.42 Å². The van der Waals surface area contributed by atoms with Crippen LogP contribution in [0.4, 0.5) is 0 Å². The van der Waals surface area contributed by atoms with Crippen molar-refractivity contribution in [1.82, 2.24) is 0 Å². The van der Waals surface area contributed by atoms with Gasteiger partial charge in [-0.05, 0) is 43.9 Å². The van der Waals surface area contributed by atoms with Crippen LogP contribution in [0.2, 0.25) is 0 Å². The molecule has 4 aliphatic rings. The van der Waals surface area contributed by atoms with Crippen LogP contribution in [0.3, 0.4) is 0 Å². The minimum atomic E-state index is -0.656. The van der Waals surface area contributed by atoms with Gasteiger partial charge >= 0.3 is 11.9 Å². The molecule has 0 aromatic carbocycles. The Morgan fingerprint density at radius 3 is 2.35 bits per heavy atom. The molecule has 0 amide bonds.